The van der Waals surface area contributed by atoms with Crippen LogP contribution in [0.3, 0.4) is 0 Å². The summed E-state index contributed by atoms with van der Waals surface area (Å²) in [6.07, 6.45) is 7.12. The maximum atomic E-state index is 6.05. The normalized spacial score (nSPS) is 10.4. The van der Waals surface area contributed by atoms with Crippen LogP contribution in [0.15, 0.2) is 36.8 Å². The van der Waals surface area contributed by atoms with Gasteiger partial charge in [0.1, 0.15) is 5.02 Å². The van der Waals surface area contributed by atoms with Crippen LogP contribution in [0.5, 0.6) is 5.88 Å². The fraction of sp³-hybridized carbons (Fsp3) is 0.286. The van der Waals surface area contributed by atoms with Crippen LogP contribution in [0, 0.1) is 0 Å². The average Bonchev–Trinajstić information content (AvgIpc) is 2.46. The number of ether oxygens (including phenoxy) is 1. The van der Waals surface area contributed by atoms with Gasteiger partial charge in [0.25, 0.3) is 0 Å². The molecule has 5 heteroatoms. The fourth-order valence-electron chi connectivity index (χ4n) is 1.68. The lowest BCUT2D eigenvalue weighted by molar-refractivity contribution is 0.299. The number of halogens is 1. The second-order valence-corrected chi connectivity index (χ2v) is 4.55. The molecule has 0 fully saturated rings. The van der Waals surface area contributed by atoms with E-state index in [0.29, 0.717) is 24.1 Å². The minimum absolute atomic E-state index is 0.426. The van der Waals surface area contributed by atoms with E-state index in [4.69, 9.17) is 22.1 Å². The Kier molecular flexibility index (Phi) is 5.12. The molecule has 2 heterocycles. The molecule has 0 saturated heterocycles. The number of aryl methyl sites for hydroxylation is 1. The van der Waals surface area contributed by atoms with Crippen molar-refractivity contribution >= 4 is 11.6 Å². The Morgan fingerprint density at radius 3 is 2.68 bits per heavy atom. The van der Waals surface area contributed by atoms with E-state index >= 15 is 0 Å². The first kappa shape index (κ1) is 13.8. The van der Waals surface area contributed by atoms with Gasteiger partial charge in [0.05, 0.1) is 6.61 Å². The molecule has 0 bridgehead atoms. The monoisotopic (exact) mass is 277 g/mol. The van der Waals surface area contributed by atoms with Crippen molar-refractivity contribution in [3.63, 3.8) is 0 Å². The molecule has 0 aliphatic heterocycles. The number of nitrogens with zero attached hydrogens (tertiary/aromatic N) is 2. The Hall–Kier alpha value is -1.65. The van der Waals surface area contributed by atoms with Crippen molar-refractivity contribution in [2.75, 3.05) is 6.61 Å². The molecule has 0 atom stereocenters. The molecule has 100 valence electrons. The van der Waals surface area contributed by atoms with Crippen LogP contribution in [-0.4, -0.2) is 16.6 Å². The summed E-state index contributed by atoms with van der Waals surface area (Å²) in [5.74, 6) is 0.466. The minimum Gasteiger partial charge on any atom is -0.477 e. The highest BCUT2D eigenvalue weighted by Gasteiger charge is 2.04. The number of aromatic nitrogens is 2. The lowest BCUT2D eigenvalue weighted by atomic mass is 10.1. The zero-order valence-electron chi connectivity index (χ0n) is 10.6. The molecule has 0 aromatic carbocycles. The smallest absolute Gasteiger partial charge is 0.232 e. The van der Waals surface area contributed by atoms with E-state index in [2.05, 4.69) is 9.97 Å². The Morgan fingerprint density at radius 2 is 2.00 bits per heavy atom. The molecule has 4 nitrogen and oxygen atoms in total. The number of pyridine rings is 2. The Morgan fingerprint density at radius 1 is 1.21 bits per heavy atom. The second kappa shape index (κ2) is 7.07. The molecule has 0 aliphatic carbocycles. The molecule has 0 amide bonds. The number of nitrogens with two attached hydrogens (primary N) is 1. The summed E-state index contributed by atoms with van der Waals surface area (Å²) in [5.41, 5.74) is 7.65. The van der Waals surface area contributed by atoms with E-state index in [1.165, 1.54) is 5.56 Å². The highest BCUT2D eigenvalue weighted by atomic mass is 35.5. The zero-order valence-corrected chi connectivity index (χ0v) is 11.3. The summed E-state index contributed by atoms with van der Waals surface area (Å²) in [5, 5.41) is 0.506. The third-order valence-electron chi connectivity index (χ3n) is 2.70. The van der Waals surface area contributed by atoms with Crippen molar-refractivity contribution in [1.82, 2.24) is 9.97 Å². The molecule has 2 aromatic rings. The molecule has 2 rings (SSSR count). The Bertz CT molecular complexity index is 519. The first-order valence-electron chi connectivity index (χ1n) is 6.16. The van der Waals surface area contributed by atoms with E-state index in [1.54, 1.807) is 24.7 Å². The maximum absolute atomic E-state index is 6.05. The van der Waals surface area contributed by atoms with Gasteiger partial charge in [0.15, 0.2) is 0 Å². The molecular weight excluding hydrogens is 262 g/mol. The van der Waals surface area contributed by atoms with Gasteiger partial charge in [-0.3, -0.25) is 4.98 Å². The topological polar surface area (TPSA) is 61.0 Å². The summed E-state index contributed by atoms with van der Waals surface area (Å²) < 4.78 is 5.56. The van der Waals surface area contributed by atoms with E-state index in [-0.39, 0.29) is 0 Å². The van der Waals surface area contributed by atoms with Gasteiger partial charge in [-0.05, 0) is 42.2 Å². The van der Waals surface area contributed by atoms with Gasteiger partial charge < -0.3 is 10.5 Å². The molecule has 0 unspecified atom stereocenters. The lowest BCUT2D eigenvalue weighted by Crippen LogP contribution is -2.03. The average molecular weight is 278 g/mol. The van der Waals surface area contributed by atoms with E-state index < -0.39 is 0 Å². The second-order valence-electron chi connectivity index (χ2n) is 4.14. The summed E-state index contributed by atoms with van der Waals surface area (Å²) in [6.45, 7) is 1.01. The van der Waals surface area contributed by atoms with Crippen molar-refractivity contribution in [3.05, 3.63) is 52.9 Å². The predicted octanol–water partition coefficient (Wildman–Crippen LogP) is 2.60. The van der Waals surface area contributed by atoms with Crippen molar-refractivity contribution in [3.8, 4) is 5.88 Å². The van der Waals surface area contributed by atoms with Gasteiger partial charge in [0.2, 0.25) is 5.88 Å². The molecule has 0 spiro atoms. The maximum Gasteiger partial charge on any atom is 0.232 e. The van der Waals surface area contributed by atoms with Crippen molar-refractivity contribution < 1.29 is 4.74 Å². The third-order valence-corrected chi connectivity index (χ3v) is 2.97. The van der Waals surface area contributed by atoms with Crippen LogP contribution in [0.1, 0.15) is 17.5 Å². The SMILES string of the molecule is NCc1cnc(OCCCc2ccncc2)c(Cl)c1. The highest BCUT2D eigenvalue weighted by molar-refractivity contribution is 6.31. The molecule has 19 heavy (non-hydrogen) atoms. The van der Waals surface area contributed by atoms with E-state index in [9.17, 15) is 0 Å². The molecule has 2 N–H and O–H groups in total. The standard InChI is InChI=1S/C14H16ClN3O/c15-13-8-12(9-16)10-18-14(13)19-7-1-2-11-3-5-17-6-4-11/h3-6,8,10H,1-2,7,9,16H2. The number of hydrogen-bond donors (Lipinski definition) is 1. The summed E-state index contributed by atoms with van der Waals surface area (Å²) in [6, 6.07) is 5.79. The lowest BCUT2D eigenvalue weighted by Gasteiger charge is -2.07. The van der Waals surface area contributed by atoms with Gasteiger partial charge in [-0.1, -0.05) is 11.6 Å². The van der Waals surface area contributed by atoms with E-state index in [0.717, 1.165) is 18.4 Å². The first-order chi connectivity index (χ1) is 9.29. The largest absolute Gasteiger partial charge is 0.477 e. The zero-order chi connectivity index (χ0) is 13.5. The summed E-state index contributed by atoms with van der Waals surface area (Å²) >= 11 is 6.05. The molecular formula is C14H16ClN3O. The summed E-state index contributed by atoms with van der Waals surface area (Å²) in [4.78, 5) is 8.13. The molecule has 0 radical (unpaired) electrons. The van der Waals surface area contributed by atoms with Gasteiger partial charge in [0, 0.05) is 25.1 Å². The first-order valence-corrected chi connectivity index (χ1v) is 6.53. The Labute approximate surface area is 117 Å². The van der Waals surface area contributed by atoms with Gasteiger partial charge in [-0.15, -0.1) is 0 Å². The van der Waals surface area contributed by atoms with Crippen molar-refractivity contribution in [2.45, 2.75) is 19.4 Å². The predicted molar refractivity (Wildman–Crippen MR) is 75.2 cm³/mol. The van der Waals surface area contributed by atoms with E-state index in [1.807, 2.05) is 12.1 Å². The van der Waals surface area contributed by atoms with Gasteiger partial charge in [-0.2, -0.15) is 0 Å². The quantitative estimate of drug-likeness (QED) is 0.825. The molecule has 0 aliphatic rings. The van der Waals surface area contributed by atoms with Crippen LogP contribution in [-0.2, 0) is 13.0 Å². The van der Waals surface area contributed by atoms with Crippen LogP contribution in [0.25, 0.3) is 0 Å². The molecule has 2 aromatic heterocycles. The van der Waals surface area contributed by atoms with Crippen LogP contribution >= 0.6 is 11.6 Å². The van der Waals surface area contributed by atoms with Crippen LogP contribution in [0.4, 0.5) is 0 Å². The molecule has 0 saturated carbocycles. The number of hydrogen-bond acceptors (Lipinski definition) is 4. The highest BCUT2D eigenvalue weighted by Crippen LogP contribution is 2.22. The van der Waals surface area contributed by atoms with Crippen LogP contribution in [0.2, 0.25) is 5.02 Å². The summed E-state index contributed by atoms with van der Waals surface area (Å²) in [7, 11) is 0. The van der Waals surface area contributed by atoms with Crippen LogP contribution < -0.4 is 10.5 Å². The van der Waals surface area contributed by atoms with Crippen molar-refractivity contribution in [1.29, 1.82) is 0 Å². The van der Waals surface area contributed by atoms with Gasteiger partial charge >= 0.3 is 0 Å². The third kappa shape index (κ3) is 4.19. The van der Waals surface area contributed by atoms with Crippen molar-refractivity contribution in [2.24, 2.45) is 5.73 Å². The van der Waals surface area contributed by atoms with Gasteiger partial charge in [-0.25, -0.2) is 4.98 Å². The number of rotatable bonds is 6. The Balaban J connectivity index is 1.80. The fourth-order valence-corrected chi connectivity index (χ4v) is 1.92. The minimum atomic E-state index is 0.426.